The molecule has 5 heteroatoms. The molecule has 76 valence electrons. The van der Waals surface area contributed by atoms with Crippen LogP contribution >= 0.6 is 0 Å². The maximum Gasteiger partial charge on any atom is 0.339 e. The summed E-state index contributed by atoms with van der Waals surface area (Å²) in [5.41, 5.74) is 0.392. The molecule has 0 aliphatic heterocycles. The average molecular weight is 197 g/mol. The van der Waals surface area contributed by atoms with E-state index in [0.29, 0.717) is 11.4 Å². The SMILES string of the molecule is COC(=O)C(O)c1ccnc(OC)c1. The first-order chi connectivity index (χ1) is 6.69. The smallest absolute Gasteiger partial charge is 0.339 e. The average Bonchev–Trinajstić information content (AvgIpc) is 2.27. The van der Waals surface area contributed by atoms with E-state index in [4.69, 9.17) is 4.74 Å². The normalized spacial score (nSPS) is 11.9. The summed E-state index contributed by atoms with van der Waals surface area (Å²) in [5, 5.41) is 9.45. The molecule has 0 amide bonds. The summed E-state index contributed by atoms with van der Waals surface area (Å²) in [6.07, 6.45) is 0.150. The van der Waals surface area contributed by atoms with Crippen molar-refractivity contribution in [3.8, 4) is 5.88 Å². The number of aliphatic hydroxyl groups is 1. The zero-order chi connectivity index (χ0) is 10.6. The molecule has 0 saturated carbocycles. The van der Waals surface area contributed by atoms with E-state index in [0.717, 1.165) is 0 Å². The molecule has 1 heterocycles. The van der Waals surface area contributed by atoms with Crippen LogP contribution in [-0.4, -0.2) is 30.3 Å². The minimum atomic E-state index is -1.29. The van der Waals surface area contributed by atoms with Crippen LogP contribution in [0.2, 0.25) is 0 Å². The highest BCUT2D eigenvalue weighted by atomic mass is 16.5. The van der Waals surface area contributed by atoms with Gasteiger partial charge in [0, 0.05) is 12.3 Å². The Morgan fingerprint density at radius 3 is 2.86 bits per heavy atom. The van der Waals surface area contributed by atoms with Crippen LogP contribution in [0.4, 0.5) is 0 Å². The zero-order valence-electron chi connectivity index (χ0n) is 7.93. The molecular formula is C9H11NO4. The Kier molecular flexibility index (Phi) is 3.41. The van der Waals surface area contributed by atoms with Gasteiger partial charge >= 0.3 is 5.97 Å². The van der Waals surface area contributed by atoms with Gasteiger partial charge in [-0.05, 0) is 11.6 Å². The van der Waals surface area contributed by atoms with Crippen molar-refractivity contribution in [1.29, 1.82) is 0 Å². The quantitative estimate of drug-likeness (QED) is 0.705. The lowest BCUT2D eigenvalue weighted by atomic mass is 10.1. The third kappa shape index (κ3) is 2.20. The van der Waals surface area contributed by atoms with Crippen LogP contribution in [0.1, 0.15) is 11.7 Å². The largest absolute Gasteiger partial charge is 0.481 e. The number of aromatic nitrogens is 1. The van der Waals surface area contributed by atoms with E-state index in [1.54, 1.807) is 0 Å². The summed E-state index contributed by atoms with van der Waals surface area (Å²) in [4.78, 5) is 14.8. The van der Waals surface area contributed by atoms with Gasteiger partial charge in [0.2, 0.25) is 5.88 Å². The first kappa shape index (κ1) is 10.5. The van der Waals surface area contributed by atoms with Crippen molar-refractivity contribution in [3.05, 3.63) is 23.9 Å². The molecule has 1 aromatic rings. The van der Waals surface area contributed by atoms with Gasteiger partial charge in [0.05, 0.1) is 14.2 Å². The summed E-state index contributed by atoms with van der Waals surface area (Å²) >= 11 is 0. The second kappa shape index (κ2) is 4.57. The van der Waals surface area contributed by atoms with Crippen LogP contribution in [0.3, 0.4) is 0 Å². The van der Waals surface area contributed by atoms with Crippen LogP contribution < -0.4 is 4.74 Å². The molecule has 1 atom stereocenters. The van der Waals surface area contributed by atoms with Crippen molar-refractivity contribution in [2.75, 3.05) is 14.2 Å². The summed E-state index contributed by atoms with van der Waals surface area (Å²) in [6, 6.07) is 2.99. The number of nitrogens with zero attached hydrogens (tertiary/aromatic N) is 1. The molecule has 1 N–H and O–H groups in total. The summed E-state index contributed by atoms with van der Waals surface area (Å²) < 4.78 is 9.23. The fourth-order valence-corrected chi connectivity index (χ4v) is 0.954. The Balaban J connectivity index is 2.89. The lowest BCUT2D eigenvalue weighted by Crippen LogP contribution is -2.13. The Hall–Kier alpha value is -1.62. The molecule has 0 saturated heterocycles. The van der Waals surface area contributed by atoms with Crippen molar-refractivity contribution in [2.45, 2.75) is 6.10 Å². The number of aliphatic hydroxyl groups excluding tert-OH is 1. The zero-order valence-corrected chi connectivity index (χ0v) is 7.93. The standard InChI is InChI=1S/C9H11NO4/c1-13-7-5-6(3-4-10-7)8(11)9(12)14-2/h3-5,8,11H,1-2H3. The van der Waals surface area contributed by atoms with Gasteiger partial charge in [-0.2, -0.15) is 0 Å². The van der Waals surface area contributed by atoms with Crippen LogP contribution in [0.5, 0.6) is 5.88 Å². The van der Waals surface area contributed by atoms with Gasteiger partial charge in [-0.15, -0.1) is 0 Å². The van der Waals surface area contributed by atoms with E-state index in [-0.39, 0.29) is 0 Å². The summed E-state index contributed by atoms with van der Waals surface area (Å²) in [7, 11) is 2.67. The monoisotopic (exact) mass is 197 g/mol. The summed E-state index contributed by atoms with van der Waals surface area (Å²) in [6.45, 7) is 0. The molecule has 0 aromatic carbocycles. The molecule has 1 unspecified atom stereocenters. The lowest BCUT2D eigenvalue weighted by molar-refractivity contribution is -0.150. The van der Waals surface area contributed by atoms with Gasteiger partial charge in [0.25, 0.3) is 0 Å². The molecular weight excluding hydrogens is 186 g/mol. The number of esters is 1. The number of hydrogen-bond acceptors (Lipinski definition) is 5. The molecule has 5 nitrogen and oxygen atoms in total. The van der Waals surface area contributed by atoms with Crippen molar-refractivity contribution in [2.24, 2.45) is 0 Å². The van der Waals surface area contributed by atoms with E-state index in [1.165, 1.54) is 32.5 Å². The molecule has 1 aromatic heterocycles. The number of carbonyl (C=O) groups excluding carboxylic acids is 1. The molecule has 0 spiro atoms. The Morgan fingerprint density at radius 1 is 1.57 bits per heavy atom. The predicted octanol–water partition coefficient (Wildman–Crippen LogP) is 0.297. The molecule has 1 rings (SSSR count). The van der Waals surface area contributed by atoms with Gasteiger partial charge < -0.3 is 14.6 Å². The van der Waals surface area contributed by atoms with Gasteiger partial charge in [0.1, 0.15) is 0 Å². The van der Waals surface area contributed by atoms with Crippen LogP contribution in [0.25, 0.3) is 0 Å². The number of ether oxygens (including phenoxy) is 2. The second-order valence-electron chi connectivity index (χ2n) is 2.56. The van der Waals surface area contributed by atoms with E-state index in [9.17, 15) is 9.90 Å². The maximum absolute atomic E-state index is 11.0. The molecule has 0 bridgehead atoms. The van der Waals surface area contributed by atoms with Crippen molar-refractivity contribution in [1.82, 2.24) is 4.98 Å². The number of methoxy groups -OCH3 is 2. The summed E-state index contributed by atoms with van der Waals surface area (Å²) in [5.74, 6) is -0.372. The number of rotatable bonds is 3. The van der Waals surface area contributed by atoms with E-state index >= 15 is 0 Å². The lowest BCUT2D eigenvalue weighted by Gasteiger charge is -2.08. The highest BCUT2D eigenvalue weighted by Crippen LogP contribution is 2.17. The Bertz CT molecular complexity index is 326. The Labute approximate surface area is 81.3 Å². The van der Waals surface area contributed by atoms with Crippen molar-refractivity contribution >= 4 is 5.97 Å². The maximum atomic E-state index is 11.0. The van der Waals surface area contributed by atoms with Gasteiger partial charge in [-0.3, -0.25) is 0 Å². The van der Waals surface area contributed by atoms with Gasteiger partial charge in [-0.25, -0.2) is 9.78 Å². The topological polar surface area (TPSA) is 68.7 Å². The van der Waals surface area contributed by atoms with Crippen molar-refractivity contribution < 1.29 is 19.4 Å². The third-order valence-electron chi connectivity index (χ3n) is 1.71. The van der Waals surface area contributed by atoms with Gasteiger partial charge in [-0.1, -0.05) is 0 Å². The van der Waals surface area contributed by atoms with E-state index < -0.39 is 12.1 Å². The third-order valence-corrected chi connectivity index (χ3v) is 1.71. The fraction of sp³-hybridized carbons (Fsp3) is 0.333. The second-order valence-corrected chi connectivity index (χ2v) is 2.56. The molecule has 0 aliphatic carbocycles. The predicted molar refractivity (Wildman–Crippen MR) is 47.8 cm³/mol. The Morgan fingerprint density at radius 2 is 2.29 bits per heavy atom. The van der Waals surface area contributed by atoms with Crippen LogP contribution in [0.15, 0.2) is 18.3 Å². The minimum absolute atomic E-state index is 0.338. The number of carbonyl (C=O) groups is 1. The molecule has 0 fully saturated rings. The minimum Gasteiger partial charge on any atom is -0.481 e. The fourth-order valence-electron chi connectivity index (χ4n) is 0.954. The molecule has 0 aliphatic rings. The van der Waals surface area contributed by atoms with Gasteiger partial charge in [0.15, 0.2) is 6.10 Å². The van der Waals surface area contributed by atoms with E-state index in [1.807, 2.05) is 0 Å². The molecule has 14 heavy (non-hydrogen) atoms. The molecule has 0 radical (unpaired) electrons. The van der Waals surface area contributed by atoms with E-state index in [2.05, 4.69) is 9.72 Å². The highest BCUT2D eigenvalue weighted by Gasteiger charge is 2.18. The number of pyridine rings is 1. The van der Waals surface area contributed by atoms with Crippen LogP contribution in [-0.2, 0) is 9.53 Å². The first-order valence-electron chi connectivity index (χ1n) is 3.95. The van der Waals surface area contributed by atoms with Crippen molar-refractivity contribution in [3.63, 3.8) is 0 Å². The first-order valence-corrected chi connectivity index (χ1v) is 3.95. The highest BCUT2D eigenvalue weighted by molar-refractivity contribution is 5.76. The van der Waals surface area contributed by atoms with Crippen LogP contribution in [0, 0.1) is 0 Å². The number of hydrogen-bond donors (Lipinski definition) is 1.